The van der Waals surface area contributed by atoms with Gasteiger partial charge in [-0.3, -0.25) is 9.59 Å². The summed E-state index contributed by atoms with van der Waals surface area (Å²) in [6.45, 7) is 6.20. The van der Waals surface area contributed by atoms with Crippen LogP contribution >= 0.6 is 0 Å². The molecule has 0 bridgehead atoms. The zero-order valence-corrected chi connectivity index (χ0v) is 16.5. The molecule has 0 atom stereocenters. The van der Waals surface area contributed by atoms with E-state index in [0.717, 1.165) is 22.4 Å². The molecule has 142 valence electrons. The van der Waals surface area contributed by atoms with Crippen LogP contribution in [0, 0.1) is 13.8 Å². The zero-order chi connectivity index (χ0) is 19.6. The summed E-state index contributed by atoms with van der Waals surface area (Å²) in [6, 6.07) is 13.6. The van der Waals surface area contributed by atoms with Crippen molar-refractivity contribution in [3.63, 3.8) is 0 Å². The maximum Gasteiger partial charge on any atom is 0.254 e. The molecule has 0 N–H and O–H groups in total. The van der Waals surface area contributed by atoms with Gasteiger partial charge in [0.05, 0.1) is 0 Å². The van der Waals surface area contributed by atoms with Gasteiger partial charge in [0, 0.05) is 57.1 Å². The molecular formula is C22H27N3O2. The first-order chi connectivity index (χ1) is 12.9. The quantitative estimate of drug-likeness (QED) is 0.840. The minimum absolute atomic E-state index is 0.0270. The normalized spacial score (nSPS) is 14.2. The molecule has 2 amide bonds. The van der Waals surface area contributed by atoms with Crippen molar-refractivity contribution in [1.29, 1.82) is 0 Å². The maximum absolute atomic E-state index is 12.8. The van der Waals surface area contributed by atoms with Crippen molar-refractivity contribution in [2.24, 2.45) is 0 Å². The summed E-state index contributed by atoms with van der Waals surface area (Å²) >= 11 is 0. The third-order valence-corrected chi connectivity index (χ3v) is 5.11. The fraction of sp³-hybridized carbons (Fsp3) is 0.364. The van der Waals surface area contributed by atoms with Crippen LogP contribution in [0.15, 0.2) is 42.5 Å². The summed E-state index contributed by atoms with van der Waals surface area (Å²) in [5.74, 6) is 0.0813. The van der Waals surface area contributed by atoms with Crippen molar-refractivity contribution < 1.29 is 9.59 Å². The smallest absolute Gasteiger partial charge is 0.254 e. The molecule has 2 aromatic carbocycles. The Morgan fingerprint density at radius 2 is 1.37 bits per heavy atom. The predicted octanol–water partition coefficient (Wildman–Crippen LogP) is 2.97. The Hall–Kier alpha value is -2.82. The Kier molecular flexibility index (Phi) is 5.49. The van der Waals surface area contributed by atoms with E-state index in [9.17, 15) is 9.59 Å². The molecule has 2 aromatic rings. The molecule has 0 radical (unpaired) electrons. The maximum atomic E-state index is 12.8. The first-order valence-corrected chi connectivity index (χ1v) is 9.30. The molecule has 1 fully saturated rings. The van der Waals surface area contributed by atoms with Crippen molar-refractivity contribution in [2.45, 2.75) is 13.8 Å². The number of hydrogen-bond donors (Lipinski definition) is 0. The number of amides is 2. The lowest BCUT2D eigenvalue weighted by molar-refractivity contribution is 0.0535. The second kappa shape index (κ2) is 7.82. The molecule has 5 nitrogen and oxygen atoms in total. The fourth-order valence-electron chi connectivity index (χ4n) is 3.33. The van der Waals surface area contributed by atoms with Gasteiger partial charge < -0.3 is 14.7 Å². The predicted molar refractivity (Wildman–Crippen MR) is 108 cm³/mol. The lowest BCUT2D eigenvalue weighted by Gasteiger charge is -2.35. The molecule has 0 aliphatic carbocycles. The van der Waals surface area contributed by atoms with E-state index in [1.54, 1.807) is 0 Å². The summed E-state index contributed by atoms with van der Waals surface area (Å²) in [5.41, 5.74) is 4.59. The topological polar surface area (TPSA) is 43.9 Å². The number of hydrogen-bond acceptors (Lipinski definition) is 3. The van der Waals surface area contributed by atoms with Crippen molar-refractivity contribution >= 4 is 17.5 Å². The SMILES string of the molecule is Cc1ccc(C)c(C(=O)N2CCN(C(=O)c3ccc(N(C)C)cc3)CC2)c1. The summed E-state index contributed by atoms with van der Waals surface area (Å²) in [4.78, 5) is 31.3. The highest BCUT2D eigenvalue weighted by atomic mass is 16.2. The van der Waals surface area contributed by atoms with Crippen LogP contribution in [0.1, 0.15) is 31.8 Å². The number of nitrogens with zero attached hydrogens (tertiary/aromatic N) is 3. The van der Waals surface area contributed by atoms with Crippen LogP contribution in [0.25, 0.3) is 0 Å². The lowest BCUT2D eigenvalue weighted by atomic mass is 10.0. The molecule has 1 saturated heterocycles. The Labute approximate surface area is 161 Å². The fourth-order valence-corrected chi connectivity index (χ4v) is 3.33. The van der Waals surface area contributed by atoms with E-state index in [4.69, 9.17) is 0 Å². The molecule has 1 aliphatic rings. The summed E-state index contributed by atoms with van der Waals surface area (Å²) in [5, 5.41) is 0. The summed E-state index contributed by atoms with van der Waals surface area (Å²) < 4.78 is 0. The van der Waals surface area contributed by atoms with Crippen molar-refractivity contribution in [3.8, 4) is 0 Å². The standard InChI is InChI=1S/C22H27N3O2/c1-16-5-6-17(2)20(15-16)22(27)25-13-11-24(12-14-25)21(26)18-7-9-19(10-8-18)23(3)4/h5-10,15H,11-14H2,1-4H3. The number of benzene rings is 2. The van der Waals surface area contributed by atoms with Gasteiger partial charge in [0.15, 0.2) is 0 Å². The first kappa shape index (κ1) is 19.0. The summed E-state index contributed by atoms with van der Waals surface area (Å²) in [7, 11) is 3.95. The third kappa shape index (κ3) is 4.13. The van der Waals surface area contributed by atoms with Crippen LogP contribution in [0.4, 0.5) is 5.69 Å². The highest BCUT2D eigenvalue weighted by molar-refractivity contribution is 5.97. The van der Waals surface area contributed by atoms with E-state index in [1.165, 1.54) is 0 Å². The molecule has 1 heterocycles. The molecule has 0 saturated carbocycles. The Balaban J connectivity index is 1.63. The van der Waals surface area contributed by atoms with Crippen molar-refractivity contribution in [1.82, 2.24) is 9.80 Å². The second-order valence-corrected chi connectivity index (χ2v) is 7.34. The minimum atomic E-state index is 0.0270. The van der Waals surface area contributed by atoms with E-state index < -0.39 is 0 Å². The molecule has 5 heteroatoms. The Morgan fingerprint density at radius 1 is 0.815 bits per heavy atom. The van der Waals surface area contributed by atoms with Gasteiger partial charge in [0.25, 0.3) is 11.8 Å². The average Bonchev–Trinajstić information content (AvgIpc) is 2.69. The third-order valence-electron chi connectivity index (χ3n) is 5.11. The van der Waals surface area contributed by atoms with Gasteiger partial charge in [-0.1, -0.05) is 17.7 Å². The monoisotopic (exact) mass is 365 g/mol. The zero-order valence-electron chi connectivity index (χ0n) is 16.5. The van der Waals surface area contributed by atoms with Crippen molar-refractivity contribution in [2.75, 3.05) is 45.2 Å². The molecule has 0 spiro atoms. The Morgan fingerprint density at radius 3 is 1.93 bits per heavy atom. The average molecular weight is 365 g/mol. The number of carbonyl (C=O) groups excluding carboxylic acids is 2. The number of aryl methyl sites for hydroxylation is 2. The van der Waals surface area contributed by atoms with Gasteiger partial charge in [0.1, 0.15) is 0 Å². The van der Waals surface area contributed by atoms with E-state index >= 15 is 0 Å². The molecular weight excluding hydrogens is 338 g/mol. The number of anilines is 1. The van der Waals surface area contributed by atoms with E-state index in [2.05, 4.69) is 0 Å². The number of carbonyl (C=O) groups is 2. The largest absolute Gasteiger partial charge is 0.378 e. The van der Waals surface area contributed by atoms with Gasteiger partial charge in [-0.05, 0) is 49.7 Å². The highest BCUT2D eigenvalue weighted by Crippen LogP contribution is 2.17. The van der Waals surface area contributed by atoms with Gasteiger partial charge >= 0.3 is 0 Å². The Bertz CT molecular complexity index is 835. The molecule has 27 heavy (non-hydrogen) atoms. The van der Waals surface area contributed by atoms with Gasteiger partial charge in [-0.25, -0.2) is 0 Å². The van der Waals surface area contributed by atoms with Crippen LogP contribution in [-0.4, -0.2) is 61.9 Å². The van der Waals surface area contributed by atoms with Gasteiger partial charge in [0.2, 0.25) is 0 Å². The van der Waals surface area contributed by atoms with Crippen LogP contribution in [0.2, 0.25) is 0 Å². The molecule has 0 unspecified atom stereocenters. The molecule has 3 rings (SSSR count). The van der Waals surface area contributed by atoms with Crippen LogP contribution in [-0.2, 0) is 0 Å². The van der Waals surface area contributed by atoms with Gasteiger partial charge in [-0.15, -0.1) is 0 Å². The number of piperazine rings is 1. The van der Waals surface area contributed by atoms with E-state index in [1.807, 2.05) is 85.1 Å². The molecule has 1 aliphatic heterocycles. The number of rotatable bonds is 3. The minimum Gasteiger partial charge on any atom is -0.378 e. The lowest BCUT2D eigenvalue weighted by Crippen LogP contribution is -2.50. The van der Waals surface area contributed by atoms with Gasteiger partial charge in [-0.2, -0.15) is 0 Å². The van der Waals surface area contributed by atoms with E-state index in [-0.39, 0.29) is 11.8 Å². The molecule has 0 aromatic heterocycles. The second-order valence-electron chi connectivity index (χ2n) is 7.34. The van der Waals surface area contributed by atoms with Crippen LogP contribution < -0.4 is 4.90 Å². The van der Waals surface area contributed by atoms with Crippen molar-refractivity contribution in [3.05, 3.63) is 64.7 Å². The highest BCUT2D eigenvalue weighted by Gasteiger charge is 2.26. The summed E-state index contributed by atoms with van der Waals surface area (Å²) in [6.07, 6.45) is 0. The van der Waals surface area contributed by atoms with E-state index in [0.29, 0.717) is 31.7 Å². The van der Waals surface area contributed by atoms with Crippen LogP contribution in [0.5, 0.6) is 0 Å². The van der Waals surface area contributed by atoms with Crippen LogP contribution in [0.3, 0.4) is 0 Å². The first-order valence-electron chi connectivity index (χ1n) is 9.30.